The number of phenolic OH excluding ortho intramolecular Hbond substituents is 1. The zero-order valence-electron chi connectivity index (χ0n) is 10.3. The number of thiophene rings is 1. The second-order valence-electron chi connectivity index (χ2n) is 4.26. The van der Waals surface area contributed by atoms with Gasteiger partial charge in [-0.2, -0.15) is 0 Å². The fraction of sp³-hybridized carbons (Fsp3) is 0. The molecule has 0 saturated heterocycles. The third-order valence-corrected chi connectivity index (χ3v) is 4.21. The third kappa shape index (κ3) is 2.48. The number of fused-ring (bicyclic) bond motifs is 1. The Morgan fingerprint density at radius 2 is 1.95 bits per heavy atom. The van der Waals surface area contributed by atoms with Crippen molar-refractivity contribution in [2.24, 2.45) is 0 Å². The number of nitrogens with one attached hydrogen (secondary N) is 1. The van der Waals surface area contributed by atoms with E-state index in [1.165, 1.54) is 23.5 Å². The minimum absolute atomic E-state index is 0.0103. The van der Waals surface area contributed by atoms with Gasteiger partial charge in [0, 0.05) is 9.72 Å². The molecule has 0 aliphatic rings. The van der Waals surface area contributed by atoms with E-state index in [4.69, 9.17) is 11.6 Å². The second kappa shape index (κ2) is 5.15. The Balaban J connectivity index is 1.90. The van der Waals surface area contributed by atoms with E-state index >= 15 is 0 Å². The van der Waals surface area contributed by atoms with Gasteiger partial charge in [-0.3, -0.25) is 4.79 Å². The molecule has 3 nitrogen and oxygen atoms in total. The molecule has 3 aromatic rings. The summed E-state index contributed by atoms with van der Waals surface area (Å²) in [5, 5.41) is 13.8. The van der Waals surface area contributed by atoms with Crippen molar-refractivity contribution in [2.75, 3.05) is 5.32 Å². The van der Waals surface area contributed by atoms with Crippen molar-refractivity contribution in [3.63, 3.8) is 0 Å². The highest BCUT2D eigenvalue weighted by atomic mass is 35.5. The molecular weight excluding hydrogens is 294 g/mol. The molecule has 0 aliphatic heterocycles. The summed E-state index contributed by atoms with van der Waals surface area (Å²) >= 11 is 7.26. The van der Waals surface area contributed by atoms with Crippen molar-refractivity contribution >= 4 is 44.6 Å². The van der Waals surface area contributed by atoms with Gasteiger partial charge in [-0.15, -0.1) is 11.3 Å². The summed E-state index contributed by atoms with van der Waals surface area (Å²) in [6, 6.07) is 14.1. The normalized spacial score (nSPS) is 10.7. The van der Waals surface area contributed by atoms with Crippen LogP contribution < -0.4 is 5.32 Å². The minimum Gasteiger partial charge on any atom is -0.506 e. The van der Waals surface area contributed by atoms with Crippen molar-refractivity contribution in [3.05, 3.63) is 58.4 Å². The Labute approximate surface area is 124 Å². The number of halogens is 1. The molecule has 3 rings (SSSR count). The van der Waals surface area contributed by atoms with Crippen molar-refractivity contribution in [1.29, 1.82) is 0 Å². The molecule has 1 heterocycles. The van der Waals surface area contributed by atoms with Gasteiger partial charge in [-0.1, -0.05) is 29.8 Å². The molecule has 0 aliphatic carbocycles. The van der Waals surface area contributed by atoms with E-state index < -0.39 is 0 Å². The minimum atomic E-state index is -0.260. The number of amides is 1. The van der Waals surface area contributed by atoms with Crippen molar-refractivity contribution in [3.8, 4) is 5.75 Å². The number of hydrogen-bond donors (Lipinski definition) is 2. The predicted octanol–water partition coefficient (Wildman–Crippen LogP) is 4.51. The number of phenols is 1. The molecule has 20 heavy (non-hydrogen) atoms. The van der Waals surface area contributed by atoms with Crippen LogP contribution in [0.15, 0.2) is 48.5 Å². The number of hydrogen-bond acceptors (Lipinski definition) is 3. The van der Waals surface area contributed by atoms with Gasteiger partial charge in [-0.05, 0) is 35.7 Å². The Kier molecular flexibility index (Phi) is 3.34. The van der Waals surface area contributed by atoms with Crippen LogP contribution in [0.5, 0.6) is 5.75 Å². The zero-order chi connectivity index (χ0) is 14.1. The van der Waals surface area contributed by atoms with E-state index in [0.717, 1.165) is 10.1 Å². The first-order chi connectivity index (χ1) is 9.63. The summed E-state index contributed by atoms with van der Waals surface area (Å²) in [5.41, 5.74) is 0.306. The fourth-order valence-electron chi connectivity index (χ4n) is 1.89. The van der Waals surface area contributed by atoms with E-state index in [-0.39, 0.29) is 11.7 Å². The lowest BCUT2D eigenvalue weighted by Gasteiger charge is -2.06. The van der Waals surface area contributed by atoms with Gasteiger partial charge in [0.05, 0.1) is 10.6 Å². The van der Waals surface area contributed by atoms with Crippen LogP contribution in [0.3, 0.4) is 0 Å². The molecule has 0 radical (unpaired) electrons. The number of carbonyl (C=O) groups is 1. The summed E-state index contributed by atoms with van der Waals surface area (Å²) < 4.78 is 1.05. The molecule has 0 spiro atoms. The number of rotatable bonds is 2. The first-order valence-electron chi connectivity index (χ1n) is 5.92. The summed E-state index contributed by atoms with van der Waals surface area (Å²) in [6.07, 6.45) is 0. The van der Waals surface area contributed by atoms with Crippen LogP contribution in [-0.2, 0) is 0 Å². The highest BCUT2D eigenvalue weighted by molar-refractivity contribution is 7.20. The standard InChI is InChI=1S/C15H10ClNO2S/c16-10-5-6-12(18)11(8-10)17-15(19)14-7-9-3-1-2-4-13(9)20-14/h1-8,18H,(H,17,19). The molecule has 1 amide bonds. The number of aromatic hydroxyl groups is 1. The SMILES string of the molecule is O=C(Nc1cc(Cl)ccc1O)c1cc2ccccc2s1. The average molecular weight is 304 g/mol. The Morgan fingerprint density at radius 3 is 2.75 bits per heavy atom. The summed E-state index contributed by atoms with van der Waals surface area (Å²) in [7, 11) is 0. The molecule has 0 bridgehead atoms. The van der Waals surface area contributed by atoms with Crippen LogP contribution in [0.25, 0.3) is 10.1 Å². The van der Waals surface area contributed by atoms with Crippen LogP contribution in [0.4, 0.5) is 5.69 Å². The van der Waals surface area contributed by atoms with Gasteiger partial charge in [0.25, 0.3) is 5.91 Å². The second-order valence-corrected chi connectivity index (χ2v) is 5.78. The molecule has 100 valence electrons. The van der Waals surface area contributed by atoms with E-state index in [1.807, 2.05) is 30.3 Å². The van der Waals surface area contributed by atoms with Gasteiger partial charge in [0.2, 0.25) is 0 Å². The predicted molar refractivity (Wildman–Crippen MR) is 82.9 cm³/mol. The lowest BCUT2D eigenvalue weighted by atomic mass is 10.2. The molecule has 0 fully saturated rings. The van der Waals surface area contributed by atoms with Crippen LogP contribution in [-0.4, -0.2) is 11.0 Å². The molecule has 5 heteroatoms. The maximum Gasteiger partial charge on any atom is 0.265 e. The van der Waals surface area contributed by atoms with Gasteiger partial charge in [-0.25, -0.2) is 0 Å². The van der Waals surface area contributed by atoms with E-state index in [0.29, 0.717) is 15.6 Å². The summed E-state index contributed by atoms with van der Waals surface area (Å²) in [6.45, 7) is 0. The average Bonchev–Trinajstić information content (AvgIpc) is 2.87. The zero-order valence-corrected chi connectivity index (χ0v) is 11.8. The topological polar surface area (TPSA) is 49.3 Å². The molecule has 0 atom stereocenters. The third-order valence-electron chi connectivity index (χ3n) is 2.86. The monoisotopic (exact) mass is 303 g/mol. The van der Waals surface area contributed by atoms with Gasteiger partial charge in [0.15, 0.2) is 0 Å². The van der Waals surface area contributed by atoms with Crippen LogP contribution in [0.1, 0.15) is 9.67 Å². The van der Waals surface area contributed by atoms with E-state index in [9.17, 15) is 9.90 Å². The van der Waals surface area contributed by atoms with Crippen LogP contribution >= 0.6 is 22.9 Å². The number of benzene rings is 2. The van der Waals surface area contributed by atoms with Gasteiger partial charge in [0.1, 0.15) is 5.75 Å². The first-order valence-corrected chi connectivity index (χ1v) is 7.11. The largest absolute Gasteiger partial charge is 0.506 e. The Bertz CT molecular complexity index is 764. The van der Waals surface area contributed by atoms with Crippen molar-refractivity contribution in [1.82, 2.24) is 0 Å². The molecule has 0 saturated carbocycles. The molecule has 2 aromatic carbocycles. The van der Waals surface area contributed by atoms with Crippen molar-refractivity contribution < 1.29 is 9.90 Å². The van der Waals surface area contributed by atoms with Gasteiger partial charge < -0.3 is 10.4 Å². The lowest BCUT2D eigenvalue weighted by molar-refractivity contribution is 0.103. The number of anilines is 1. The molecule has 0 unspecified atom stereocenters. The Morgan fingerprint density at radius 1 is 1.15 bits per heavy atom. The molecule has 2 N–H and O–H groups in total. The van der Waals surface area contributed by atoms with Crippen LogP contribution in [0, 0.1) is 0 Å². The maximum absolute atomic E-state index is 12.2. The maximum atomic E-state index is 12.2. The Hall–Kier alpha value is -2.04. The van der Waals surface area contributed by atoms with Crippen molar-refractivity contribution in [2.45, 2.75) is 0 Å². The smallest absolute Gasteiger partial charge is 0.265 e. The first kappa shape index (κ1) is 13.0. The fourth-order valence-corrected chi connectivity index (χ4v) is 3.02. The molecule has 1 aromatic heterocycles. The van der Waals surface area contributed by atoms with E-state index in [1.54, 1.807) is 6.07 Å². The summed E-state index contributed by atoms with van der Waals surface area (Å²) in [5.74, 6) is -0.271. The quantitative estimate of drug-likeness (QED) is 0.684. The van der Waals surface area contributed by atoms with Gasteiger partial charge >= 0.3 is 0 Å². The highest BCUT2D eigenvalue weighted by Crippen LogP contribution is 2.29. The highest BCUT2D eigenvalue weighted by Gasteiger charge is 2.12. The lowest BCUT2D eigenvalue weighted by Crippen LogP contribution is -2.10. The molecular formula is C15H10ClNO2S. The summed E-state index contributed by atoms with van der Waals surface area (Å²) in [4.78, 5) is 12.8. The van der Waals surface area contributed by atoms with Crippen LogP contribution in [0.2, 0.25) is 5.02 Å². The van der Waals surface area contributed by atoms with E-state index in [2.05, 4.69) is 5.32 Å². The number of carbonyl (C=O) groups excluding carboxylic acids is 1.